The van der Waals surface area contributed by atoms with Crippen LogP contribution in [0.5, 0.6) is 0 Å². The van der Waals surface area contributed by atoms with Gasteiger partial charge in [-0.1, -0.05) is 0 Å². The van der Waals surface area contributed by atoms with Crippen LogP contribution in [-0.2, 0) is 11.2 Å². The monoisotopic (exact) mass is 225 g/mol. The highest BCUT2D eigenvalue weighted by Crippen LogP contribution is 2.17. The van der Waals surface area contributed by atoms with Gasteiger partial charge in [0, 0.05) is 17.5 Å². The van der Waals surface area contributed by atoms with Crippen molar-refractivity contribution in [2.24, 2.45) is 5.73 Å². The molecule has 1 saturated carbocycles. The Balaban J connectivity index is 1.82. The second kappa shape index (κ2) is 4.28. The lowest BCUT2D eigenvalue weighted by Crippen LogP contribution is -2.54. The third-order valence-corrected chi connectivity index (χ3v) is 3.50. The molecule has 1 amide bonds. The molecule has 0 aliphatic heterocycles. The van der Waals surface area contributed by atoms with Crippen molar-refractivity contribution in [3.8, 4) is 0 Å². The number of nitrogens with zero attached hydrogens (tertiary/aromatic N) is 1. The van der Waals surface area contributed by atoms with Gasteiger partial charge in [0.1, 0.15) is 0 Å². The molecule has 1 fully saturated rings. The SMILES string of the molecule is Cc1nc(CC(=O)N[C@@H]2CC[C@@H]2N)cs1. The molecule has 1 heterocycles. The second-order valence-electron chi connectivity index (χ2n) is 3.95. The first-order chi connectivity index (χ1) is 7.15. The molecule has 1 aliphatic rings. The number of thiazole rings is 1. The summed E-state index contributed by atoms with van der Waals surface area (Å²) in [7, 11) is 0. The van der Waals surface area contributed by atoms with Gasteiger partial charge in [-0.05, 0) is 19.8 Å². The van der Waals surface area contributed by atoms with Gasteiger partial charge in [-0.15, -0.1) is 11.3 Å². The minimum atomic E-state index is 0.0282. The molecule has 1 aromatic heterocycles. The third-order valence-electron chi connectivity index (χ3n) is 2.68. The molecule has 4 nitrogen and oxygen atoms in total. The van der Waals surface area contributed by atoms with E-state index in [9.17, 15) is 4.79 Å². The average molecular weight is 225 g/mol. The highest BCUT2D eigenvalue weighted by molar-refractivity contribution is 7.09. The molecular formula is C10H15N3OS. The zero-order chi connectivity index (χ0) is 10.8. The molecule has 1 aromatic rings. The zero-order valence-electron chi connectivity index (χ0n) is 8.69. The smallest absolute Gasteiger partial charge is 0.226 e. The number of hydrogen-bond donors (Lipinski definition) is 2. The lowest BCUT2D eigenvalue weighted by Gasteiger charge is -2.34. The Kier molecular flexibility index (Phi) is 3.02. The fourth-order valence-corrected chi connectivity index (χ4v) is 2.23. The zero-order valence-corrected chi connectivity index (χ0v) is 9.51. The van der Waals surface area contributed by atoms with Gasteiger partial charge in [0.15, 0.2) is 0 Å². The number of nitrogens with one attached hydrogen (secondary N) is 1. The lowest BCUT2D eigenvalue weighted by atomic mass is 9.87. The van der Waals surface area contributed by atoms with Crippen LogP contribution in [-0.4, -0.2) is 23.0 Å². The van der Waals surface area contributed by atoms with Crippen LogP contribution in [0.25, 0.3) is 0 Å². The van der Waals surface area contributed by atoms with Gasteiger partial charge in [0.05, 0.1) is 17.1 Å². The van der Waals surface area contributed by atoms with Crippen molar-refractivity contribution in [1.29, 1.82) is 0 Å². The molecule has 2 atom stereocenters. The summed E-state index contributed by atoms with van der Waals surface area (Å²) in [5.41, 5.74) is 6.59. The van der Waals surface area contributed by atoms with E-state index in [0.717, 1.165) is 23.5 Å². The first-order valence-electron chi connectivity index (χ1n) is 5.11. The summed E-state index contributed by atoms with van der Waals surface area (Å²) in [6.45, 7) is 1.94. The summed E-state index contributed by atoms with van der Waals surface area (Å²) in [5.74, 6) is 0.0282. The second-order valence-corrected chi connectivity index (χ2v) is 5.01. The Morgan fingerprint density at radius 2 is 2.53 bits per heavy atom. The number of aryl methyl sites for hydroxylation is 1. The Labute approximate surface area is 92.9 Å². The molecule has 15 heavy (non-hydrogen) atoms. The van der Waals surface area contributed by atoms with Gasteiger partial charge in [-0.3, -0.25) is 4.79 Å². The summed E-state index contributed by atoms with van der Waals surface area (Å²) >= 11 is 1.57. The Bertz CT molecular complexity index is 363. The number of aromatic nitrogens is 1. The van der Waals surface area contributed by atoms with Crippen LogP contribution in [0.1, 0.15) is 23.5 Å². The van der Waals surface area contributed by atoms with Crippen molar-refractivity contribution in [3.05, 3.63) is 16.1 Å². The predicted molar refractivity (Wildman–Crippen MR) is 59.7 cm³/mol. The quantitative estimate of drug-likeness (QED) is 0.791. The minimum absolute atomic E-state index is 0.0282. The molecular weight excluding hydrogens is 210 g/mol. The molecule has 0 unspecified atom stereocenters. The van der Waals surface area contributed by atoms with E-state index in [-0.39, 0.29) is 18.0 Å². The first-order valence-corrected chi connectivity index (χ1v) is 5.99. The van der Waals surface area contributed by atoms with E-state index >= 15 is 0 Å². The van der Waals surface area contributed by atoms with Gasteiger partial charge in [-0.25, -0.2) is 4.98 Å². The molecule has 0 saturated heterocycles. The maximum absolute atomic E-state index is 11.6. The summed E-state index contributed by atoms with van der Waals surface area (Å²) in [6, 6.07) is 0.323. The van der Waals surface area contributed by atoms with E-state index in [0.29, 0.717) is 6.42 Å². The third kappa shape index (κ3) is 2.54. The molecule has 82 valence electrons. The fraction of sp³-hybridized carbons (Fsp3) is 0.600. The molecule has 0 bridgehead atoms. The minimum Gasteiger partial charge on any atom is -0.351 e. The number of hydrogen-bond acceptors (Lipinski definition) is 4. The number of amides is 1. The molecule has 5 heteroatoms. The van der Waals surface area contributed by atoms with Crippen molar-refractivity contribution in [3.63, 3.8) is 0 Å². The van der Waals surface area contributed by atoms with Crippen LogP contribution < -0.4 is 11.1 Å². The van der Waals surface area contributed by atoms with Gasteiger partial charge in [0.25, 0.3) is 0 Å². The highest BCUT2D eigenvalue weighted by atomic mass is 32.1. The number of carbonyl (C=O) groups excluding carboxylic acids is 1. The van der Waals surface area contributed by atoms with Crippen LogP contribution in [0, 0.1) is 6.92 Å². The molecule has 0 radical (unpaired) electrons. The van der Waals surface area contributed by atoms with Crippen LogP contribution in [0.4, 0.5) is 0 Å². The van der Waals surface area contributed by atoms with Crippen molar-refractivity contribution in [1.82, 2.24) is 10.3 Å². The maximum Gasteiger partial charge on any atom is 0.226 e. The van der Waals surface area contributed by atoms with E-state index in [1.807, 2.05) is 12.3 Å². The van der Waals surface area contributed by atoms with E-state index in [1.165, 1.54) is 0 Å². The summed E-state index contributed by atoms with van der Waals surface area (Å²) in [4.78, 5) is 15.8. The lowest BCUT2D eigenvalue weighted by molar-refractivity contribution is -0.121. The standard InChI is InChI=1S/C10H15N3OS/c1-6-12-7(5-15-6)4-10(14)13-9-3-2-8(9)11/h5,8-9H,2-4,11H2,1H3,(H,13,14)/t8-,9+/m0/s1. The fourth-order valence-electron chi connectivity index (χ4n) is 1.62. The maximum atomic E-state index is 11.6. The van der Waals surface area contributed by atoms with Crippen LogP contribution in [0.3, 0.4) is 0 Å². The van der Waals surface area contributed by atoms with Gasteiger partial charge >= 0.3 is 0 Å². The van der Waals surface area contributed by atoms with Crippen LogP contribution in [0.15, 0.2) is 5.38 Å². The molecule has 3 N–H and O–H groups in total. The topological polar surface area (TPSA) is 68.0 Å². The van der Waals surface area contributed by atoms with Crippen molar-refractivity contribution in [2.45, 2.75) is 38.3 Å². The molecule has 1 aliphatic carbocycles. The normalized spacial score (nSPS) is 24.7. The Hall–Kier alpha value is -0.940. The predicted octanol–water partition coefficient (Wildman–Crippen LogP) is 0.600. The van der Waals surface area contributed by atoms with Crippen LogP contribution in [0.2, 0.25) is 0 Å². The van der Waals surface area contributed by atoms with Gasteiger partial charge in [0.2, 0.25) is 5.91 Å². The molecule has 0 aromatic carbocycles. The Morgan fingerprint density at radius 1 is 1.73 bits per heavy atom. The van der Waals surface area contributed by atoms with Crippen molar-refractivity contribution in [2.75, 3.05) is 0 Å². The first kappa shape index (κ1) is 10.6. The Morgan fingerprint density at radius 3 is 3.00 bits per heavy atom. The van der Waals surface area contributed by atoms with E-state index in [2.05, 4.69) is 10.3 Å². The molecule has 0 spiro atoms. The van der Waals surface area contributed by atoms with Crippen LogP contribution >= 0.6 is 11.3 Å². The largest absolute Gasteiger partial charge is 0.351 e. The number of rotatable bonds is 3. The summed E-state index contributed by atoms with van der Waals surface area (Å²) in [6.07, 6.45) is 2.39. The van der Waals surface area contributed by atoms with Crippen molar-refractivity contribution < 1.29 is 4.79 Å². The highest BCUT2D eigenvalue weighted by Gasteiger charge is 2.28. The van der Waals surface area contributed by atoms with E-state index in [1.54, 1.807) is 11.3 Å². The van der Waals surface area contributed by atoms with Crippen molar-refractivity contribution >= 4 is 17.2 Å². The van der Waals surface area contributed by atoms with E-state index in [4.69, 9.17) is 5.73 Å². The number of nitrogens with two attached hydrogens (primary N) is 1. The number of carbonyl (C=O) groups is 1. The average Bonchev–Trinajstić information content (AvgIpc) is 2.58. The summed E-state index contributed by atoms with van der Waals surface area (Å²) in [5, 5.41) is 5.85. The van der Waals surface area contributed by atoms with Gasteiger partial charge in [-0.2, -0.15) is 0 Å². The van der Waals surface area contributed by atoms with E-state index < -0.39 is 0 Å². The summed E-state index contributed by atoms with van der Waals surface area (Å²) < 4.78 is 0. The van der Waals surface area contributed by atoms with Gasteiger partial charge < -0.3 is 11.1 Å². The molecule has 2 rings (SSSR count).